The van der Waals surface area contributed by atoms with E-state index in [1.165, 1.54) is 5.56 Å². The lowest BCUT2D eigenvalue weighted by atomic mass is 10.2. The Bertz CT molecular complexity index is 223. The van der Waals surface area contributed by atoms with E-state index >= 15 is 0 Å². The smallest absolute Gasteiger partial charge is 0.119 e. The van der Waals surface area contributed by atoms with Crippen LogP contribution in [0.4, 0.5) is 0 Å². The number of nitrogens with zero attached hydrogens (tertiary/aromatic N) is 1. The van der Waals surface area contributed by atoms with Crippen LogP contribution in [0.5, 0.6) is 5.75 Å². The second-order valence-electron chi connectivity index (χ2n) is 2.33. The largest absolute Gasteiger partial charge is 0.497 e. The van der Waals surface area contributed by atoms with Crippen LogP contribution in [-0.2, 0) is 6.54 Å². The maximum Gasteiger partial charge on any atom is 0.119 e. The van der Waals surface area contributed by atoms with E-state index in [0.29, 0.717) is 0 Å². The Morgan fingerprint density at radius 2 is 2.27 bits per heavy atom. The van der Waals surface area contributed by atoms with Gasteiger partial charge in [-0.3, -0.25) is 0 Å². The Morgan fingerprint density at radius 1 is 1.45 bits per heavy atom. The maximum absolute atomic E-state index is 5.06. The number of rotatable bonds is 3. The topological polar surface area (TPSA) is 23.3 Å². The Morgan fingerprint density at radius 3 is 2.91 bits per heavy atom. The van der Waals surface area contributed by atoms with E-state index in [4.69, 9.17) is 4.74 Å². The summed E-state index contributed by atoms with van der Waals surface area (Å²) in [6.45, 7) is 0.761. The van der Waals surface area contributed by atoms with Gasteiger partial charge in [-0.1, -0.05) is 12.1 Å². The average molecular weight is 150 g/mol. The van der Waals surface area contributed by atoms with E-state index < -0.39 is 0 Å². The molecule has 0 aliphatic carbocycles. The SMILES string of the molecule is C[N]Cc1cccc(OC)c1. The van der Waals surface area contributed by atoms with E-state index in [1.807, 2.05) is 24.3 Å². The molecule has 0 heterocycles. The summed E-state index contributed by atoms with van der Waals surface area (Å²) in [6.07, 6.45) is 0. The zero-order valence-electron chi connectivity index (χ0n) is 6.87. The third-order valence-corrected chi connectivity index (χ3v) is 1.47. The molecule has 0 aromatic heterocycles. The standard InChI is InChI=1S/C9H12NO/c1-10-7-8-4-3-5-9(6-8)11-2/h3-6H,7H2,1-2H3. The van der Waals surface area contributed by atoms with E-state index in [2.05, 4.69) is 5.32 Å². The van der Waals surface area contributed by atoms with E-state index in [9.17, 15) is 0 Å². The number of hydrogen-bond donors (Lipinski definition) is 0. The highest BCUT2D eigenvalue weighted by Crippen LogP contribution is 2.11. The molecule has 59 valence electrons. The van der Waals surface area contributed by atoms with Gasteiger partial charge in [0.05, 0.1) is 7.11 Å². The lowest BCUT2D eigenvalue weighted by molar-refractivity contribution is 0.414. The van der Waals surface area contributed by atoms with Gasteiger partial charge in [0, 0.05) is 13.6 Å². The molecule has 0 aliphatic rings. The zero-order valence-corrected chi connectivity index (χ0v) is 6.87. The van der Waals surface area contributed by atoms with Crippen molar-refractivity contribution in [2.75, 3.05) is 14.2 Å². The maximum atomic E-state index is 5.06. The minimum atomic E-state index is 0.761. The van der Waals surface area contributed by atoms with Crippen LogP contribution in [-0.4, -0.2) is 14.2 Å². The lowest BCUT2D eigenvalue weighted by Gasteiger charge is -2.01. The van der Waals surface area contributed by atoms with Crippen molar-refractivity contribution in [1.29, 1.82) is 0 Å². The molecule has 1 rings (SSSR count). The van der Waals surface area contributed by atoms with Gasteiger partial charge < -0.3 is 4.74 Å². The van der Waals surface area contributed by atoms with Crippen LogP contribution in [0.2, 0.25) is 0 Å². The van der Waals surface area contributed by atoms with Crippen molar-refractivity contribution in [2.24, 2.45) is 0 Å². The average Bonchev–Trinajstić information content (AvgIpc) is 2.06. The van der Waals surface area contributed by atoms with Gasteiger partial charge in [0.25, 0.3) is 0 Å². The molecule has 0 saturated carbocycles. The predicted molar refractivity (Wildman–Crippen MR) is 44.8 cm³/mol. The number of ether oxygens (including phenoxy) is 1. The van der Waals surface area contributed by atoms with Gasteiger partial charge >= 0.3 is 0 Å². The van der Waals surface area contributed by atoms with Crippen molar-refractivity contribution < 1.29 is 4.74 Å². The normalized spacial score (nSPS) is 9.64. The van der Waals surface area contributed by atoms with Gasteiger partial charge in [-0.05, 0) is 17.7 Å². The summed E-state index contributed by atoms with van der Waals surface area (Å²) >= 11 is 0. The molecule has 1 aromatic rings. The fourth-order valence-electron chi connectivity index (χ4n) is 0.953. The number of methoxy groups -OCH3 is 1. The first kappa shape index (κ1) is 8.08. The van der Waals surface area contributed by atoms with Crippen LogP contribution in [0.1, 0.15) is 5.56 Å². The second kappa shape index (κ2) is 3.98. The minimum absolute atomic E-state index is 0.761. The number of hydrogen-bond acceptors (Lipinski definition) is 1. The van der Waals surface area contributed by atoms with Crippen LogP contribution in [0.25, 0.3) is 0 Å². The summed E-state index contributed by atoms with van der Waals surface area (Å²) in [7, 11) is 3.47. The van der Waals surface area contributed by atoms with Crippen molar-refractivity contribution in [3.05, 3.63) is 29.8 Å². The Kier molecular flexibility index (Phi) is 2.93. The van der Waals surface area contributed by atoms with E-state index in [1.54, 1.807) is 14.2 Å². The first-order valence-corrected chi connectivity index (χ1v) is 3.55. The summed E-state index contributed by atoms with van der Waals surface area (Å²) < 4.78 is 5.06. The van der Waals surface area contributed by atoms with Crippen molar-refractivity contribution in [2.45, 2.75) is 6.54 Å². The molecule has 0 bridgehead atoms. The molecule has 0 aliphatic heterocycles. The Hall–Kier alpha value is -1.02. The molecular formula is C9H12NO. The summed E-state index contributed by atoms with van der Waals surface area (Å²) in [4.78, 5) is 0. The van der Waals surface area contributed by atoms with Crippen LogP contribution in [0, 0.1) is 0 Å². The summed E-state index contributed by atoms with van der Waals surface area (Å²) in [5.41, 5.74) is 1.19. The fraction of sp³-hybridized carbons (Fsp3) is 0.333. The van der Waals surface area contributed by atoms with Crippen molar-refractivity contribution in [1.82, 2.24) is 5.32 Å². The van der Waals surface area contributed by atoms with Gasteiger partial charge in [-0.25, -0.2) is 5.32 Å². The molecule has 0 unspecified atom stereocenters. The monoisotopic (exact) mass is 150 g/mol. The molecule has 1 aromatic carbocycles. The highest BCUT2D eigenvalue weighted by Gasteiger charge is 1.92. The predicted octanol–water partition coefficient (Wildman–Crippen LogP) is 1.43. The molecule has 11 heavy (non-hydrogen) atoms. The molecule has 0 atom stereocenters. The number of benzene rings is 1. The molecule has 0 amide bonds. The third-order valence-electron chi connectivity index (χ3n) is 1.47. The van der Waals surface area contributed by atoms with Crippen molar-refractivity contribution in [3.8, 4) is 5.75 Å². The highest BCUT2D eigenvalue weighted by molar-refractivity contribution is 5.28. The lowest BCUT2D eigenvalue weighted by Crippen LogP contribution is -1.96. The zero-order chi connectivity index (χ0) is 8.10. The molecular weight excluding hydrogens is 138 g/mol. The van der Waals surface area contributed by atoms with Crippen molar-refractivity contribution in [3.63, 3.8) is 0 Å². The molecule has 2 heteroatoms. The summed E-state index contributed by atoms with van der Waals surface area (Å²) in [5.74, 6) is 0.895. The van der Waals surface area contributed by atoms with E-state index in [-0.39, 0.29) is 0 Å². The molecule has 0 N–H and O–H groups in total. The second-order valence-corrected chi connectivity index (χ2v) is 2.33. The summed E-state index contributed by atoms with van der Waals surface area (Å²) in [5, 5.41) is 4.03. The van der Waals surface area contributed by atoms with Crippen LogP contribution in [0.3, 0.4) is 0 Å². The van der Waals surface area contributed by atoms with Gasteiger partial charge in [0.15, 0.2) is 0 Å². The Balaban J connectivity index is 2.74. The minimum Gasteiger partial charge on any atom is -0.497 e. The van der Waals surface area contributed by atoms with Gasteiger partial charge in [0.2, 0.25) is 0 Å². The molecule has 0 saturated heterocycles. The quantitative estimate of drug-likeness (QED) is 0.639. The molecule has 0 fully saturated rings. The van der Waals surface area contributed by atoms with Crippen LogP contribution < -0.4 is 10.1 Å². The molecule has 0 spiro atoms. The van der Waals surface area contributed by atoms with Crippen molar-refractivity contribution >= 4 is 0 Å². The van der Waals surface area contributed by atoms with Crippen LogP contribution in [0.15, 0.2) is 24.3 Å². The molecule has 2 nitrogen and oxygen atoms in total. The van der Waals surface area contributed by atoms with Gasteiger partial charge in [-0.2, -0.15) is 0 Å². The first-order valence-electron chi connectivity index (χ1n) is 3.55. The van der Waals surface area contributed by atoms with E-state index in [0.717, 1.165) is 12.3 Å². The summed E-state index contributed by atoms with van der Waals surface area (Å²) in [6, 6.07) is 7.93. The first-order chi connectivity index (χ1) is 5.36. The Labute approximate surface area is 67.2 Å². The van der Waals surface area contributed by atoms with Crippen LogP contribution >= 0.6 is 0 Å². The van der Waals surface area contributed by atoms with Gasteiger partial charge in [0.1, 0.15) is 5.75 Å². The third kappa shape index (κ3) is 2.24. The van der Waals surface area contributed by atoms with Gasteiger partial charge in [-0.15, -0.1) is 0 Å². The fourth-order valence-corrected chi connectivity index (χ4v) is 0.953. The highest BCUT2D eigenvalue weighted by atomic mass is 16.5. The molecule has 1 radical (unpaired) electrons.